The van der Waals surface area contributed by atoms with Crippen molar-refractivity contribution in [1.82, 2.24) is 0 Å². The molecule has 2 atom stereocenters. The van der Waals surface area contributed by atoms with E-state index in [1.807, 2.05) is 0 Å². The van der Waals surface area contributed by atoms with Crippen LogP contribution in [-0.4, -0.2) is 6.10 Å². The van der Waals surface area contributed by atoms with Crippen molar-refractivity contribution in [2.24, 2.45) is 5.92 Å². The van der Waals surface area contributed by atoms with Crippen LogP contribution in [0.4, 0.5) is 0 Å². The Hall–Kier alpha value is -0.460. The van der Waals surface area contributed by atoms with Gasteiger partial charge in [-0.2, -0.15) is 0 Å². The molecule has 0 aromatic rings. The molecule has 2 bridgehead atoms. The molecule has 0 aliphatic carbocycles. The Kier molecular flexibility index (Phi) is 5.41. The predicted molar refractivity (Wildman–Crippen MR) is 72.9 cm³/mol. The van der Waals surface area contributed by atoms with Crippen molar-refractivity contribution < 1.29 is 4.74 Å². The molecule has 0 spiro atoms. The average molecular weight is 236 g/mol. The van der Waals surface area contributed by atoms with Crippen LogP contribution in [0.5, 0.6) is 0 Å². The molecular formula is C16H28O. The molecule has 0 aromatic carbocycles. The molecule has 1 unspecified atom stereocenters. The first-order chi connectivity index (χ1) is 8.34. The summed E-state index contributed by atoms with van der Waals surface area (Å²) in [6.45, 7) is 2.34. The first-order valence-electron chi connectivity index (χ1n) is 7.72. The quantitative estimate of drug-likeness (QED) is 0.561. The van der Waals surface area contributed by atoms with Gasteiger partial charge in [-0.3, -0.25) is 0 Å². The molecule has 2 heterocycles. The first kappa shape index (κ1) is 13.0. The summed E-state index contributed by atoms with van der Waals surface area (Å²) < 4.78 is 6.13. The van der Waals surface area contributed by atoms with Gasteiger partial charge in [-0.25, -0.2) is 0 Å². The van der Waals surface area contributed by atoms with Gasteiger partial charge in [0, 0.05) is 6.42 Å². The molecule has 0 radical (unpaired) electrons. The van der Waals surface area contributed by atoms with E-state index in [2.05, 4.69) is 13.0 Å². The molecular weight excluding hydrogens is 208 g/mol. The van der Waals surface area contributed by atoms with Crippen molar-refractivity contribution in [2.45, 2.75) is 83.7 Å². The number of allylic oxidation sites excluding steroid dienone is 2. The normalized spacial score (nSPS) is 32.4. The van der Waals surface area contributed by atoms with E-state index in [-0.39, 0.29) is 0 Å². The molecule has 1 saturated heterocycles. The Morgan fingerprint density at radius 1 is 0.941 bits per heavy atom. The lowest BCUT2D eigenvalue weighted by Gasteiger charge is -2.28. The van der Waals surface area contributed by atoms with Gasteiger partial charge in [-0.15, -0.1) is 0 Å². The molecule has 98 valence electrons. The van der Waals surface area contributed by atoms with Crippen LogP contribution in [0.1, 0.15) is 77.6 Å². The van der Waals surface area contributed by atoms with E-state index in [4.69, 9.17) is 4.74 Å². The summed E-state index contributed by atoms with van der Waals surface area (Å²) in [5, 5.41) is 0. The van der Waals surface area contributed by atoms with Crippen LogP contribution in [0.25, 0.3) is 0 Å². The lowest BCUT2D eigenvalue weighted by molar-refractivity contribution is 0.0662. The fourth-order valence-corrected chi connectivity index (χ4v) is 3.15. The van der Waals surface area contributed by atoms with E-state index in [0.29, 0.717) is 6.10 Å². The van der Waals surface area contributed by atoms with Gasteiger partial charge in [0.05, 0.1) is 11.9 Å². The van der Waals surface area contributed by atoms with E-state index in [9.17, 15) is 0 Å². The van der Waals surface area contributed by atoms with E-state index in [1.54, 1.807) is 0 Å². The highest BCUT2D eigenvalue weighted by atomic mass is 16.5. The maximum atomic E-state index is 6.13. The smallest absolute Gasteiger partial charge is 0.0987 e. The minimum atomic E-state index is 0.519. The summed E-state index contributed by atoms with van der Waals surface area (Å²) in [7, 11) is 0. The molecule has 17 heavy (non-hydrogen) atoms. The maximum Gasteiger partial charge on any atom is 0.0987 e. The maximum absolute atomic E-state index is 6.13. The van der Waals surface area contributed by atoms with Gasteiger partial charge >= 0.3 is 0 Å². The highest BCUT2D eigenvalue weighted by Crippen LogP contribution is 2.28. The molecule has 1 nitrogen and oxygen atoms in total. The summed E-state index contributed by atoms with van der Waals surface area (Å²) in [5.41, 5.74) is 0. The van der Waals surface area contributed by atoms with Crippen LogP contribution in [0.3, 0.4) is 0 Å². The van der Waals surface area contributed by atoms with Crippen molar-refractivity contribution in [3.05, 3.63) is 11.8 Å². The number of hydrogen-bond donors (Lipinski definition) is 0. The zero-order valence-corrected chi connectivity index (χ0v) is 11.4. The van der Waals surface area contributed by atoms with Crippen LogP contribution in [0.15, 0.2) is 11.8 Å². The molecule has 1 heteroatoms. The summed E-state index contributed by atoms with van der Waals surface area (Å²) in [5.74, 6) is 2.03. The third kappa shape index (κ3) is 4.73. The van der Waals surface area contributed by atoms with Crippen molar-refractivity contribution in [3.8, 4) is 0 Å². The molecule has 0 aromatic heterocycles. The van der Waals surface area contributed by atoms with Crippen LogP contribution in [0, 0.1) is 5.92 Å². The standard InChI is InChI=1S/C16H28O/c1-14-12-15-10-8-6-4-2-3-5-7-9-11-16(13-14)17-15/h12,14,16H,2-11,13H2,1H3/t14-,16?/m0/s1. The zero-order valence-electron chi connectivity index (χ0n) is 11.4. The number of ether oxygens (including phenoxy) is 1. The molecule has 0 N–H and O–H groups in total. The number of rotatable bonds is 0. The van der Waals surface area contributed by atoms with E-state index >= 15 is 0 Å². The Morgan fingerprint density at radius 3 is 2.35 bits per heavy atom. The molecule has 0 amide bonds. The zero-order chi connectivity index (χ0) is 11.9. The Labute approximate surface area is 107 Å². The van der Waals surface area contributed by atoms with Crippen LogP contribution in [-0.2, 0) is 4.74 Å². The van der Waals surface area contributed by atoms with Crippen molar-refractivity contribution >= 4 is 0 Å². The van der Waals surface area contributed by atoms with Gasteiger partial charge in [0.15, 0.2) is 0 Å². The van der Waals surface area contributed by atoms with Crippen molar-refractivity contribution in [1.29, 1.82) is 0 Å². The van der Waals surface area contributed by atoms with Gasteiger partial charge in [-0.1, -0.05) is 45.4 Å². The second-order valence-corrected chi connectivity index (χ2v) is 5.95. The minimum absolute atomic E-state index is 0.519. The summed E-state index contributed by atoms with van der Waals surface area (Å²) >= 11 is 0. The Morgan fingerprint density at radius 2 is 1.59 bits per heavy atom. The molecule has 1 fully saturated rings. The molecule has 2 aliphatic rings. The monoisotopic (exact) mass is 236 g/mol. The Balaban J connectivity index is 1.88. The largest absolute Gasteiger partial charge is 0.495 e. The second-order valence-electron chi connectivity index (χ2n) is 5.95. The van der Waals surface area contributed by atoms with Crippen LogP contribution in [0.2, 0.25) is 0 Å². The van der Waals surface area contributed by atoms with Crippen LogP contribution < -0.4 is 0 Å². The van der Waals surface area contributed by atoms with E-state index in [0.717, 1.165) is 5.92 Å². The first-order valence-corrected chi connectivity index (χ1v) is 7.72. The van der Waals surface area contributed by atoms with E-state index < -0.39 is 0 Å². The summed E-state index contributed by atoms with van der Waals surface area (Å²) in [6.07, 6.45) is 17.8. The fraction of sp³-hybridized carbons (Fsp3) is 0.875. The van der Waals surface area contributed by atoms with Gasteiger partial charge in [0.25, 0.3) is 0 Å². The average Bonchev–Trinajstić information content (AvgIpc) is 2.31. The fourth-order valence-electron chi connectivity index (χ4n) is 3.15. The van der Waals surface area contributed by atoms with Gasteiger partial charge < -0.3 is 4.74 Å². The minimum Gasteiger partial charge on any atom is -0.495 e. The molecule has 0 saturated carbocycles. The molecule has 2 aliphatic heterocycles. The SMILES string of the molecule is C[C@H]1C=C2CCCCCCCCCCC(C1)O2. The van der Waals surface area contributed by atoms with Gasteiger partial charge in [-0.05, 0) is 37.7 Å². The highest BCUT2D eigenvalue weighted by molar-refractivity contribution is 5.01. The second kappa shape index (κ2) is 7.08. The third-order valence-corrected chi connectivity index (χ3v) is 4.12. The van der Waals surface area contributed by atoms with Gasteiger partial charge in [0.1, 0.15) is 0 Å². The summed E-state index contributed by atoms with van der Waals surface area (Å²) in [6, 6.07) is 0. The number of hydrogen-bond acceptors (Lipinski definition) is 1. The van der Waals surface area contributed by atoms with E-state index in [1.165, 1.54) is 76.4 Å². The van der Waals surface area contributed by atoms with Crippen molar-refractivity contribution in [3.63, 3.8) is 0 Å². The third-order valence-electron chi connectivity index (χ3n) is 4.12. The van der Waals surface area contributed by atoms with Crippen molar-refractivity contribution in [2.75, 3.05) is 0 Å². The van der Waals surface area contributed by atoms with Crippen LogP contribution >= 0.6 is 0 Å². The van der Waals surface area contributed by atoms with Gasteiger partial charge in [0.2, 0.25) is 0 Å². The molecule has 2 rings (SSSR count). The Bertz CT molecular complexity index is 244. The highest BCUT2D eigenvalue weighted by Gasteiger charge is 2.20. The summed E-state index contributed by atoms with van der Waals surface area (Å²) in [4.78, 5) is 0. The predicted octanol–water partition coefficient (Wildman–Crippen LogP) is 5.21. The lowest BCUT2D eigenvalue weighted by Crippen LogP contribution is -2.20. The number of fused-ring (bicyclic) bond motifs is 2. The topological polar surface area (TPSA) is 9.23 Å². The lowest BCUT2D eigenvalue weighted by atomic mass is 9.95.